The summed E-state index contributed by atoms with van der Waals surface area (Å²) in [6.45, 7) is 9.62. The van der Waals surface area contributed by atoms with Crippen molar-refractivity contribution in [1.29, 1.82) is 0 Å². The first-order chi connectivity index (χ1) is 14.1. The topological polar surface area (TPSA) is 96.5 Å². The van der Waals surface area contributed by atoms with Crippen molar-refractivity contribution in [2.45, 2.75) is 65.6 Å². The van der Waals surface area contributed by atoms with Gasteiger partial charge in [-0.2, -0.15) is 0 Å². The Balaban J connectivity index is 2.84. The van der Waals surface area contributed by atoms with Crippen LogP contribution in [0.25, 0.3) is 0 Å². The zero-order chi connectivity index (χ0) is 22.8. The zero-order valence-corrected chi connectivity index (χ0v) is 20.2. The van der Waals surface area contributed by atoms with E-state index in [1.807, 2.05) is 58.9 Å². The Hall–Kier alpha value is -2.09. The smallest absolute Gasteiger partial charge is 0.328 e. The van der Waals surface area contributed by atoms with Crippen molar-refractivity contribution in [3.63, 3.8) is 0 Å². The van der Waals surface area contributed by atoms with E-state index >= 15 is 0 Å². The van der Waals surface area contributed by atoms with Gasteiger partial charge in [0.2, 0.25) is 5.91 Å². The lowest BCUT2D eigenvalue weighted by Gasteiger charge is -2.26. The molecule has 1 unspecified atom stereocenters. The summed E-state index contributed by atoms with van der Waals surface area (Å²) in [5.41, 5.74) is 0.945. The molecule has 0 fully saturated rings. The van der Waals surface area contributed by atoms with Gasteiger partial charge in [0.15, 0.2) is 0 Å². The molecular weight excluding hydrogens is 450 g/mol. The highest BCUT2D eigenvalue weighted by Crippen LogP contribution is 2.16. The molecule has 3 N–H and O–H groups in total. The first kappa shape index (κ1) is 25.9. The fourth-order valence-corrected chi connectivity index (χ4v) is 3.25. The number of urea groups is 1. The minimum absolute atomic E-state index is 0.0904. The molecule has 30 heavy (non-hydrogen) atoms. The Labute approximate surface area is 187 Å². The molecule has 0 radical (unpaired) electrons. The highest BCUT2D eigenvalue weighted by atomic mass is 79.9. The summed E-state index contributed by atoms with van der Waals surface area (Å²) < 4.78 is 5.79. The van der Waals surface area contributed by atoms with Gasteiger partial charge in [-0.05, 0) is 42.9 Å². The van der Waals surface area contributed by atoms with E-state index in [9.17, 15) is 14.4 Å². The van der Waals surface area contributed by atoms with Crippen LogP contribution in [-0.2, 0) is 14.3 Å². The maximum absolute atomic E-state index is 12.9. The Morgan fingerprint density at radius 2 is 1.60 bits per heavy atom. The van der Waals surface area contributed by atoms with Crippen molar-refractivity contribution in [1.82, 2.24) is 16.0 Å². The van der Waals surface area contributed by atoms with E-state index in [2.05, 4.69) is 31.9 Å². The largest absolute Gasteiger partial charge is 0.467 e. The number of methoxy groups -OCH3 is 1. The molecule has 0 saturated carbocycles. The van der Waals surface area contributed by atoms with Crippen LogP contribution in [0.15, 0.2) is 28.7 Å². The molecule has 7 nitrogen and oxygen atoms in total. The molecule has 168 valence electrons. The van der Waals surface area contributed by atoms with Crippen LogP contribution in [0, 0.1) is 11.8 Å². The highest BCUT2D eigenvalue weighted by Gasteiger charge is 2.31. The normalized spacial score (nSPS) is 14.9. The number of nitrogens with one attached hydrogen (secondary N) is 3. The van der Waals surface area contributed by atoms with Gasteiger partial charge in [0.1, 0.15) is 12.1 Å². The molecule has 0 bridgehead atoms. The molecule has 0 saturated heterocycles. The Morgan fingerprint density at radius 1 is 1.00 bits per heavy atom. The van der Waals surface area contributed by atoms with Crippen LogP contribution in [-0.4, -0.2) is 37.1 Å². The molecular formula is C22H34BrN3O4. The predicted octanol–water partition coefficient (Wildman–Crippen LogP) is 3.93. The van der Waals surface area contributed by atoms with E-state index in [4.69, 9.17) is 4.74 Å². The van der Waals surface area contributed by atoms with Gasteiger partial charge in [0, 0.05) is 4.47 Å². The predicted molar refractivity (Wildman–Crippen MR) is 121 cm³/mol. The number of hydrogen-bond acceptors (Lipinski definition) is 4. The van der Waals surface area contributed by atoms with E-state index in [0.29, 0.717) is 12.8 Å². The number of halogens is 1. The monoisotopic (exact) mass is 483 g/mol. The average Bonchev–Trinajstić information content (AvgIpc) is 2.70. The van der Waals surface area contributed by atoms with Crippen LogP contribution in [0.5, 0.6) is 0 Å². The molecule has 4 atom stereocenters. The van der Waals surface area contributed by atoms with Crippen LogP contribution in [0.4, 0.5) is 4.79 Å². The molecule has 1 rings (SSSR count). The molecule has 1 aromatic rings. The Kier molecular flexibility index (Phi) is 10.9. The van der Waals surface area contributed by atoms with E-state index in [0.717, 1.165) is 10.0 Å². The standard InChI is InChI=1S/C22H34BrN3O4/c1-7-14(4)19(21(28)30-6)26-20(27)18(12-13(2)3)25-22(29)24-15(5)16-8-10-17(23)11-9-16/h8-11,13-15,18-19H,7,12H2,1-6H3,(H,26,27)(H2,24,25,29)/t14?,15-,18+,19+/m1/s1. The summed E-state index contributed by atoms with van der Waals surface area (Å²) in [5.74, 6) is -0.808. The molecule has 0 aliphatic heterocycles. The summed E-state index contributed by atoms with van der Waals surface area (Å²) in [4.78, 5) is 37.5. The first-order valence-electron chi connectivity index (χ1n) is 10.3. The molecule has 0 aliphatic rings. The second kappa shape index (κ2) is 12.6. The summed E-state index contributed by atoms with van der Waals surface area (Å²) in [5, 5.41) is 8.37. The van der Waals surface area contributed by atoms with Crippen LogP contribution in [0.3, 0.4) is 0 Å². The second-order valence-electron chi connectivity index (χ2n) is 7.97. The van der Waals surface area contributed by atoms with Crippen molar-refractivity contribution in [3.05, 3.63) is 34.3 Å². The number of benzene rings is 1. The second-order valence-corrected chi connectivity index (χ2v) is 8.88. The minimum Gasteiger partial charge on any atom is -0.467 e. The van der Waals surface area contributed by atoms with Crippen molar-refractivity contribution >= 4 is 33.8 Å². The van der Waals surface area contributed by atoms with Crippen LogP contribution in [0.2, 0.25) is 0 Å². The minimum atomic E-state index is -0.765. The molecule has 0 spiro atoms. The SMILES string of the molecule is CCC(C)[C@H](NC(=O)[C@H](CC(C)C)NC(=O)N[C@H](C)c1ccc(Br)cc1)C(=O)OC. The van der Waals surface area contributed by atoms with Crippen LogP contribution >= 0.6 is 15.9 Å². The third-order valence-corrected chi connectivity index (χ3v) is 5.54. The molecule has 0 aromatic heterocycles. The third kappa shape index (κ3) is 8.34. The summed E-state index contributed by atoms with van der Waals surface area (Å²) >= 11 is 3.39. The molecule has 1 aromatic carbocycles. The van der Waals surface area contributed by atoms with Gasteiger partial charge in [0.25, 0.3) is 0 Å². The van der Waals surface area contributed by atoms with Gasteiger partial charge in [-0.15, -0.1) is 0 Å². The van der Waals surface area contributed by atoms with Gasteiger partial charge in [-0.1, -0.05) is 62.2 Å². The Bertz CT molecular complexity index is 709. The molecule has 0 heterocycles. The van der Waals surface area contributed by atoms with E-state index in [1.165, 1.54) is 7.11 Å². The number of rotatable bonds is 10. The average molecular weight is 484 g/mol. The van der Waals surface area contributed by atoms with E-state index < -0.39 is 30.0 Å². The number of carbonyl (C=O) groups excluding carboxylic acids is 3. The summed E-state index contributed by atoms with van der Waals surface area (Å²) in [7, 11) is 1.30. The summed E-state index contributed by atoms with van der Waals surface area (Å²) in [6, 6.07) is 5.45. The van der Waals surface area contributed by atoms with E-state index in [-0.39, 0.29) is 17.9 Å². The number of carbonyl (C=O) groups is 3. The highest BCUT2D eigenvalue weighted by molar-refractivity contribution is 9.10. The number of esters is 1. The van der Waals surface area contributed by atoms with Gasteiger partial charge >= 0.3 is 12.0 Å². The lowest BCUT2D eigenvalue weighted by Crippen LogP contribution is -2.55. The lowest BCUT2D eigenvalue weighted by atomic mass is 9.97. The fourth-order valence-electron chi connectivity index (χ4n) is 2.98. The van der Waals surface area contributed by atoms with Crippen molar-refractivity contribution in [2.24, 2.45) is 11.8 Å². The molecule has 0 aliphatic carbocycles. The molecule has 8 heteroatoms. The van der Waals surface area contributed by atoms with Gasteiger partial charge in [-0.25, -0.2) is 9.59 Å². The lowest BCUT2D eigenvalue weighted by molar-refractivity contribution is -0.146. The number of ether oxygens (including phenoxy) is 1. The first-order valence-corrected chi connectivity index (χ1v) is 11.1. The Morgan fingerprint density at radius 3 is 2.10 bits per heavy atom. The van der Waals surface area contributed by atoms with Crippen LogP contribution < -0.4 is 16.0 Å². The van der Waals surface area contributed by atoms with Gasteiger partial charge in [-0.3, -0.25) is 4.79 Å². The quantitative estimate of drug-likeness (QED) is 0.439. The number of amides is 3. The van der Waals surface area contributed by atoms with Crippen molar-refractivity contribution < 1.29 is 19.1 Å². The number of hydrogen-bond donors (Lipinski definition) is 3. The summed E-state index contributed by atoms with van der Waals surface area (Å²) in [6.07, 6.45) is 1.15. The molecule has 3 amide bonds. The zero-order valence-electron chi connectivity index (χ0n) is 18.6. The van der Waals surface area contributed by atoms with Gasteiger partial charge < -0.3 is 20.7 Å². The maximum atomic E-state index is 12.9. The van der Waals surface area contributed by atoms with Crippen molar-refractivity contribution in [3.8, 4) is 0 Å². The van der Waals surface area contributed by atoms with Crippen LogP contribution in [0.1, 0.15) is 59.1 Å². The maximum Gasteiger partial charge on any atom is 0.328 e. The van der Waals surface area contributed by atoms with E-state index in [1.54, 1.807) is 0 Å². The fraction of sp³-hybridized carbons (Fsp3) is 0.591. The van der Waals surface area contributed by atoms with Crippen molar-refractivity contribution in [2.75, 3.05) is 7.11 Å². The third-order valence-electron chi connectivity index (χ3n) is 5.01. The van der Waals surface area contributed by atoms with Gasteiger partial charge in [0.05, 0.1) is 13.2 Å².